The van der Waals surface area contributed by atoms with Crippen molar-refractivity contribution in [1.29, 1.82) is 0 Å². The fourth-order valence-electron chi connectivity index (χ4n) is 1.85. The number of phenols is 1. The molecule has 2 atom stereocenters. The standard InChI is InChI=1S/C16H21NO5/c1-4-10(2)15(16(20)21)17-14(19)8-6-11-5-7-12(18)13(9-11)22-3/h5-10,15,18H,4H2,1-3H3,(H,17,19)(H,20,21)/b8-6+/t10-,15-/m0/s1. The Hall–Kier alpha value is -2.50. The first-order valence-electron chi connectivity index (χ1n) is 6.97. The van der Waals surface area contributed by atoms with Gasteiger partial charge in [0.2, 0.25) is 5.91 Å². The summed E-state index contributed by atoms with van der Waals surface area (Å²) in [6, 6.07) is 3.72. The Kier molecular flexibility index (Phi) is 6.44. The summed E-state index contributed by atoms with van der Waals surface area (Å²) < 4.78 is 4.97. The lowest BCUT2D eigenvalue weighted by molar-refractivity contribution is -0.142. The van der Waals surface area contributed by atoms with E-state index < -0.39 is 17.9 Å². The van der Waals surface area contributed by atoms with Crippen LogP contribution in [0.25, 0.3) is 6.08 Å². The van der Waals surface area contributed by atoms with Crippen molar-refractivity contribution in [3.8, 4) is 11.5 Å². The van der Waals surface area contributed by atoms with Crippen molar-refractivity contribution in [2.24, 2.45) is 5.92 Å². The summed E-state index contributed by atoms with van der Waals surface area (Å²) in [6.45, 7) is 3.64. The lowest BCUT2D eigenvalue weighted by Gasteiger charge is -2.19. The highest BCUT2D eigenvalue weighted by Gasteiger charge is 2.24. The second-order valence-electron chi connectivity index (χ2n) is 4.97. The second kappa shape index (κ2) is 8.07. The van der Waals surface area contributed by atoms with Gasteiger partial charge in [0.15, 0.2) is 11.5 Å². The number of aliphatic carboxylic acids is 1. The van der Waals surface area contributed by atoms with Crippen molar-refractivity contribution in [2.75, 3.05) is 7.11 Å². The minimum Gasteiger partial charge on any atom is -0.504 e. The minimum absolute atomic E-state index is 0.00631. The van der Waals surface area contributed by atoms with Gasteiger partial charge in [0.25, 0.3) is 0 Å². The van der Waals surface area contributed by atoms with E-state index in [-0.39, 0.29) is 11.7 Å². The van der Waals surface area contributed by atoms with Gasteiger partial charge >= 0.3 is 5.97 Å². The molecular weight excluding hydrogens is 286 g/mol. The highest BCUT2D eigenvalue weighted by atomic mass is 16.5. The second-order valence-corrected chi connectivity index (χ2v) is 4.97. The van der Waals surface area contributed by atoms with Gasteiger partial charge in [-0.05, 0) is 29.7 Å². The number of aromatic hydroxyl groups is 1. The normalized spacial score (nSPS) is 13.6. The zero-order valence-corrected chi connectivity index (χ0v) is 12.9. The molecule has 1 rings (SSSR count). The third kappa shape index (κ3) is 4.80. The van der Waals surface area contributed by atoms with E-state index in [9.17, 15) is 14.7 Å². The van der Waals surface area contributed by atoms with E-state index in [0.29, 0.717) is 17.7 Å². The topological polar surface area (TPSA) is 95.9 Å². The zero-order valence-electron chi connectivity index (χ0n) is 12.9. The van der Waals surface area contributed by atoms with Crippen molar-refractivity contribution in [3.63, 3.8) is 0 Å². The Bertz CT molecular complexity index is 568. The number of carbonyl (C=O) groups is 2. The van der Waals surface area contributed by atoms with Gasteiger partial charge in [-0.1, -0.05) is 26.3 Å². The highest BCUT2D eigenvalue weighted by molar-refractivity contribution is 5.94. The number of methoxy groups -OCH3 is 1. The lowest BCUT2D eigenvalue weighted by atomic mass is 9.99. The molecule has 0 saturated heterocycles. The number of benzene rings is 1. The number of ether oxygens (including phenoxy) is 1. The smallest absolute Gasteiger partial charge is 0.326 e. The maximum atomic E-state index is 11.8. The van der Waals surface area contributed by atoms with Crippen molar-refractivity contribution in [2.45, 2.75) is 26.3 Å². The maximum Gasteiger partial charge on any atom is 0.326 e. The number of phenolic OH excluding ortho intramolecular Hbond substituents is 1. The molecular formula is C16H21NO5. The molecule has 0 bridgehead atoms. The number of amides is 1. The van der Waals surface area contributed by atoms with Crippen molar-refractivity contribution < 1.29 is 24.5 Å². The van der Waals surface area contributed by atoms with Crippen LogP contribution in [-0.2, 0) is 9.59 Å². The maximum absolute atomic E-state index is 11.8. The first kappa shape index (κ1) is 17.6. The van der Waals surface area contributed by atoms with Gasteiger partial charge < -0.3 is 20.3 Å². The molecule has 0 heterocycles. The Morgan fingerprint density at radius 2 is 2.09 bits per heavy atom. The molecule has 1 aromatic rings. The van der Waals surface area contributed by atoms with Gasteiger partial charge in [-0.2, -0.15) is 0 Å². The largest absolute Gasteiger partial charge is 0.504 e. The van der Waals surface area contributed by atoms with Crippen LogP contribution in [0.5, 0.6) is 11.5 Å². The van der Waals surface area contributed by atoms with Gasteiger partial charge in [0.1, 0.15) is 6.04 Å². The number of carboxylic acids is 1. The summed E-state index contributed by atoms with van der Waals surface area (Å²) in [5.74, 6) is -1.40. The molecule has 0 spiro atoms. The number of nitrogens with one attached hydrogen (secondary N) is 1. The van der Waals surface area contributed by atoms with E-state index in [1.807, 2.05) is 6.92 Å². The molecule has 0 saturated carbocycles. The van der Waals surface area contributed by atoms with Crippen LogP contribution in [0, 0.1) is 5.92 Å². The van der Waals surface area contributed by atoms with Crippen LogP contribution in [0.15, 0.2) is 24.3 Å². The molecule has 0 radical (unpaired) electrons. The lowest BCUT2D eigenvalue weighted by Crippen LogP contribution is -2.44. The average molecular weight is 307 g/mol. The first-order valence-corrected chi connectivity index (χ1v) is 6.97. The molecule has 0 aliphatic rings. The molecule has 22 heavy (non-hydrogen) atoms. The molecule has 3 N–H and O–H groups in total. The van der Waals surface area contributed by atoms with Crippen LogP contribution >= 0.6 is 0 Å². The third-order valence-electron chi connectivity index (χ3n) is 3.41. The molecule has 6 nitrogen and oxygen atoms in total. The van der Waals surface area contributed by atoms with E-state index in [1.165, 1.54) is 25.3 Å². The molecule has 0 aliphatic carbocycles. The quantitative estimate of drug-likeness (QED) is 0.670. The number of hydrogen-bond acceptors (Lipinski definition) is 4. The van der Waals surface area contributed by atoms with Crippen LogP contribution in [0.1, 0.15) is 25.8 Å². The predicted octanol–water partition coefficient (Wildman–Crippen LogP) is 2.03. The Labute approximate surface area is 129 Å². The number of rotatable bonds is 7. The Morgan fingerprint density at radius 3 is 2.64 bits per heavy atom. The van der Waals surface area contributed by atoms with E-state index in [4.69, 9.17) is 9.84 Å². The minimum atomic E-state index is -1.05. The van der Waals surface area contributed by atoms with Crippen LogP contribution in [0.3, 0.4) is 0 Å². The van der Waals surface area contributed by atoms with Gasteiger partial charge in [-0.15, -0.1) is 0 Å². The van der Waals surface area contributed by atoms with Crippen molar-refractivity contribution in [3.05, 3.63) is 29.8 Å². The number of carboxylic acid groups (broad SMARTS) is 1. The van der Waals surface area contributed by atoms with Crippen LogP contribution in [-0.4, -0.2) is 35.2 Å². The summed E-state index contributed by atoms with van der Waals surface area (Å²) >= 11 is 0. The van der Waals surface area contributed by atoms with E-state index in [2.05, 4.69) is 5.32 Å². The van der Waals surface area contributed by atoms with E-state index in [0.717, 1.165) is 0 Å². The van der Waals surface area contributed by atoms with Gasteiger partial charge in [-0.3, -0.25) is 4.79 Å². The molecule has 0 aliphatic heterocycles. The monoisotopic (exact) mass is 307 g/mol. The summed E-state index contributed by atoms with van der Waals surface area (Å²) in [6.07, 6.45) is 3.42. The van der Waals surface area contributed by atoms with Crippen LogP contribution in [0.2, 0.25) is 0 Å². The molecule has 0 unspecified atom stereocenters. The Balaban J connectivity index is 2.77. The fraction of sp³-hybridized carbons (Fsp3) is 0.375. The fourth-order valence-corrected chi connectivity index (χ4v) is 1.85. The summed E-state index contributed by atoms with van der Waals surface area (Å²) in [5, 5.41) is 21.1. The van der Waals surface area contributed by atoms with Gasteiger partial charge in [-0.25, -0.2) is 4.79 Å². The van der Waals surface area contributed by atoms with Crippen molar-refractivity contribution in [1.82, 2.24) is 5.32 Å². The SMILES string of the molecule is CC[C@H](C)[C@H](NC(=O)/C=C/c1ccc(O)c(OC)c1)C(=O)O. The predicted molar refractivity (Wildman–Crippen MR) is 82.7 cm³/mol. The van der Waals surface area contributed by atoms with Crippen LogP contribution < -0.4 is 10.1 Å². The van der Waals surface area contributed by atoms with E-state index in [1.54, 1.807) is 19.1 Å². The van der Waals surface area contributed by atoms with Crippen LogP contribution in [0.4, 0.5) is 0 Å². The summed E-state index contributed by atoms with van der Waals surface area (Å²) in [4.78, 5) is 23.0. The number of carbonyl (C=O) groups excluding carboxylic acids is 1. The third-order valence-corrected chi connectivity index (χ3v) is 3.41. The average Bonchev–Trinajstić information content (AvgIpc) is 2.50. The number of hydrogen-bond donors (Lipinski definition) is 3. The summed E-state index contributed by atoms with van der Waals surface area (Å²) in [7, 11) is 1.43. The summed E-state index contributed by atoms with van der Waals surface area (Å²) in [5.41, 5.74) is 0.653. The van der Waals surface area contributed by atoms with E-state index >= 15 is 0 Å². The van der Waals surface area contributed by atoms with Crippen molar-refractivity contribution >= 4 is 18.0 Å². The first-order chi connectivity index (χ1) is 10.4. The molecule has 1 amide bonds. The van der Waals surface area contributed by atoms with Gasteiger partial charge in [0, 0.05) is 6.08 Å². The highest BCUT2D eigenvalue weighted by Crippen LogP contribution is 2.26. The molecule has 120 valence electrons. The Morgan fingerprint density at radius 1 is 1.41 bits per heavy atom. The molecule has 1 aromatic carbocycles. The molecule has 0 aromatic heterocycles. The molecule has 0 fully saturated rings. The van der Waals surface area contributed by atoms with Gasteiger partial charge in [0.05, 0.1) is 7.11 Å². The zero-order chi connectivity index (χ0) is 16.7. The molecule has 6 heteroatoms.